The first kappa shape index (κ1) is 14.3. The topological polar surface area (TPSA) is 36.1 Å². The Bertz CT molecular complexity index is 213. The smallest absolute Gasteiger partial charge is 0.0297 e. The molecule has 3 fully saturated rings. The largest absolute Gasteiger partial charge is 0.310 e. The van der Waals surface area contributed by atoms with Gasteiger partial charge in [-0.25, -0.2) is 0 Å². The molecule has 3 aliphatic rings. The van der Waals surface area contributed by atoms with Crippen LogP contribution in [-0.4, -0.2) is 37.0 Å². The summed E-state index contributed by atoms with van der Waals surface area (Å²) in [5.41, 5.74) is 0. The molecule has 0 aliphatic carbocycles. The van der Waals surface area contributed by atoms with Gasteiger partial charge in [-0.05, 0) is 58.2 Å². The predicted molar refractivity (Wildman–Crippen MR) is 83.8 cm³/mol. The Balaban J connectivity index is 1.68. The van der Waals surface area contributed by atoms with Crippen molar-refractivity contribution in [2.45, 2.75) is 75.1 Å². The Labute approximate surface area is 119 Å². The Kier molecular flexibility index (Phi) is 5.52. The molecule has 0 bridgehead atoms. The van der Waals surface area contributed by atoms with Crippen LogP contribution < -0.4 is 16.0 Å². The third-order valence-corrected chi connectivity index (χ3v) is 8.41. The van der Waals surface area contributed by atoms with Crippen molar-refractivity contribution in [2.75, 3.05) is 19.6 Å². The van der Waals surface area contributed by atoms with Gasteiger partial charge in [0.15, 0.2) is 0 Å². The number of hydrogen-bond acceptors (Lipinski definition) is 3. The van der Waals surface area contributed by atoms with Gasteiger partial charge in [-0.15, -0.1) is 0 Å². The molecule has 110 valence electrons. The fourth-order valence-electron chi connectivity index (χ4n) is 3.92. The summed E-state index contributed by atoms with van der Waals surface area (Å²) >= 11 is 0. The average molecular weight is 283 g/mol. The van der Waals surface area contributed by atoms with Gasteiger partial charge in [-0.1, -0.05) is 27.2 Å². The van der Waals surface area contributed by atoms with Crippen molar-refractivity contribution in [1.82, 2.24) is 16.0 Å². The standard InChI is InChI=1S/C15H30N3P/c1-4-10-16-13(7-1)19(14-8-2-5-11-17-14)15-9-3-6-12-18-15/h13-18H,1-12H2. The molecule has 3 atom stereocenters. The zero-order valence-corrected chi connectivity index (χ0v) is 13.1. The number of hydrogen-bond donors (Lipinski definition) is 3. The molecular weight excluding hydrogens is 253 g/mol. The van der Waals surface area contributed by atoms with E-state index in [2.05, 4.69) is 16.0 Å². The van der Waals surface area contributed by atoms with Gasteiger partial charge in [0, 0.05) is 17.3 Å². The molecule has 0 saturated carbocycles. The minimum absolute atomic E-state index is 0.0515. The van der Waals surface area contributed by atoms with E-state index >= 15 is 0 Å². The Morgan fingerprint density at radius 3 is 1.16 bits per heavy atom. The lowest BCUT2D eigenvalue weighted by molar-refractivity contribution is 0.429. The third-order valence-electron chi connectivity index (χ3n) is 4.93. The summed E-state index contributed by atoms with van der Waals surface area (Å²) in [6, 6.07) is 0. The maximum Gasteiger partial charge on any atom is 0.0297 e. The van der Waals surface area contributed by atoms with E-state index in [0.717, 1.165) is 17.3 Å². The molecule has 19 heavy (non-hydrogen) atoms. The molecule has 3 rings (SSSR count). The summed E-state index contributed by atoms with van der Waals surface area (Å²) in [5.74, 6) is 2.44. The normalized spacial score (nSPS) is 38.8. The van der Waals surface area contributed by atoms with Gasteiger partial charge in [0.05, 0.1) is 0 Å². The molecule has 3 nitrogen and oxygen atoms in total. The predicted octanol–water partition coefficient (Wildman–Crippen LogP) is 2.77. The second kappa shape index (κ2) is 7.36. The van der Waals surface area contributed by atoms with E-state index in [9.17, 15) is 0 Å². The van der Waals surface area contributed by atoms with Crippen LogP contribution in [0.3, 0.4) is 0 Å². The van der Waals surface area contributed by atoms with Gasteiger partial charge in [0.25, 0.3) is 0 Å². The van der Waals surface area contributed by atoms with Crippen molar-refractivity contribution in [3.63, 3.8) is 0 Å². The Hall–Kier alpha value is 0.310. The zero-order valence-electron chi connectivity index (χ0n) is 12.2. The second-order valence-electron chi connectivity index (χ2n) is 6.34. The fourth-order valence-corrected chi connectivity index (χ4v) is 7.68. The van der Waals surface area contributed by atoms with Crippen LogP contribution in [0.1, 0.15) is 57.8 Å². The van der Waals surface area contributed by atoms with E-state index in [1.165, 1.54) is 77.4 Å². The minimum atomic E-state index is 0.0515. The highest BCUT2D eigenvalue weighted by Gasteiger charge is 2.36. The maximum absolute atomic E-state index is 3.86. The lowest BCUT2D eigenvalue weighted by Gasteiger charge is -2.45. The molecule has 0 amide bonds. The molecule has 3 saturated heterocycles. The third kappa shape index (κ3) is 3.69. The summed E-state index contributed by atoms with van der Waals surface area (Å²) < 4.78 is 0. The lowest BCUT2D eigenvalue weighted by Crippen LogP contribution is -2.47. The molecule has 4 heteroatoms. The van der Waals surface area contributed by atoms with Crippen LogP contribution in [0.15, 0.2) is 0 Å². The summed E-state index contributed by atoms with van der Waals surface area (Å²) in [7, 11) is 0.0515. The molecule has 0 spiro atoms. The van der Waals surface area contributed by atoms with Crippen molar-refractivity contribution in [3.8, 4) is 0 Å². The molecule has 3 unspecified atom stereocenters. The van der Waals surface area contributed by atoms with E-state index in [1.54, 1.807) is 0 Å². The van der Waals surface area contributed by atoms with Crippen LogP contribution in [0.2, 0.25) is 0 Å². The summed E-state index contributed by atoms with van der Waals surface area (Å²) in [6.07, 6.45) is 12.7. The second-order valence-corrected chi connectivity index (χ2v) is 9.11. The highest BCUT2D eigenvalue weighted by atomic mass is 31.1. The van der Waals surface area contributed by atoms with Gasteiger partial charge in [-0.3, -0.25) is 0 Å². The van der Waals surface area contributed by atoms with Crippen LogP contribution in [0.5, 0.6) is 0 Å². The van der Waals surface area contributed by atoms with Crippen LogP contribution in [-0.2, 0) is 0 Å². The fraction of sp³-hybridized carbons (Fsp3) is 1.00. The van der Waals surface area contributed by atoms with E-state index in [0.29, 0.717) is 0 Å². The quantitative estimate of drug-likeness (QED) is 0.697. The first-order valence-corrected chi connectivity index (χ1v) is 9.98. The van der Waals surface area contributed by atoms with Crippen molar-refractivity contribution in [1.29, 1.82) is 0 Å². The zero-order chi connectivity index (χ0) is 12.9. The Morgan fingerprint density at radius 1 is 0.526 bits per heavy atom. The molecule has 3 heterocycles. The van der Waals surface area contributed by atoms with Gasteiger partial charge in [-0.2, -0.15) is 0 Å². The first-order valence-electron chi connectivity index (χ1n) is 8.43. The molecule has 3 N–H and O–H groups in total. The SMILES string of the molecule is C1CCC(P(C2CCCCN2)C2CCCCN2)NC1. The first-order chi connectivity index (χ1) is 9.45. The molecule has 0 aromatic carbocycles. The monoisotopic (exact) mass is 283 g/mol. The van der Waals surface area contributed by atoms with Gasteiger partial charge < -0.3 is 16.0 Å². The van der Waals surface area contributed by atoms with E-state index in [1.807, 2.05) is 0 Å². The highest BCUT2D eigenvalue weighted by molar-refractivity contribution is 7.59. The number of nitrogens with one attached hydrogen (secondary N) is 3. The van der Waals surface area contributed by atoms with Crippen LogP contribution in [0, 0.1) is 0 Å². The number of piperidine rings is 3. The average Bonchev–Trinajstić information content (AvgIpc) is 2.51. The molecule has 0 aromatic rings. The summed E-state index contributed by atoms with van der Waals surface area (Å²) in [5, 5.41) is 11.6. The molecule has 0 aromatic heterocycles. The number of rotatable bonds is 3. The van der Waals surface area contributed by atoms with Crippen LogP contribution >= 0.6 is 7.92 Å². The summed E-state index contributed by atoms with van der Waals surface area (Å²) in [6.45, 7) is 3.76. The van der Waals surface area contributed by atoms with Crippen LogP contribution in [0.25, 0.3) is 0 Å². The van der Waals surface area contributed by atoms with E-state index in [-0.39, 0.29) is 7.92 Å². The highest BCUT2D eigenvalue weighted by Crippen LogP contribution is 2.54. The molecule has 0 radical (unpaired) electrons. The van der Waals surface area contributed by atoms with Gasteiger partial charge in [0.1, 0.15) is 0 Å². The van der Waals surface area contributed by atoms with Crippen molar-refractivity contribution < 1.29 is 0 Å². The Morgan fingerprint density at radius 2 is 0.895 bits per heavy atom. The van der Waals surface area contributed by atoms with E-state index < -0.39 is 0 Å². The van der Waals surface area contributed by atoms with Crippen molar-refractivity contribution >= 4 is 7.92 Å². The van der Waals surface area contributed by atoms with Gasteiger partial charge in [0.2, 0.25) is 0 Å². The molecular formula is C15H30N3P. The van der Waals surface area contributed by atoms with Crippen molar-refractivity contribution in [2.24, 2.45) is 0 Å². The van der Waals surface area contributed by atoms with Gasteiger partial charge >= 0.3 is 0 Å². The minimum Gasteiger partial charge on any atom is -0.310 e. The maximum atomic E-state index is 3.86. The van der Waals surface area contributed by atoms with E-state index in [4.69, 9.17) is 0 Å². The van der Waals surface area contributed by atoms with Crippen LogP contribution in [0.4, 0.5) is 0 Å². The lowest BCUT2D eigenvalue weighted by atomic mass is 10.1. The summed E-state index contributed by atoms with van der Waals surface area (Å²) in [4.78, 5) is 0. The molecule has 3 aliphatic heterocycles. The van der Waals surface area contributed by atoms with Crippen molar-refractivity contribution in [3.05, 3.63) is 0 Å².